The van der Waals surface area contributed by atoms with Gasteiger partial charge in [0.1, 0.15) is 11.9 Å². The summed E-state index contributed by atoms with van der Waals surface area (Å²) in [5.74, 6) is 1.31. The fraction of sp³-hybridized carbons (Fsp3) is 0.444. The van der Waals surface area contributed by atoms with Crippen molar-refractivity contribution in [2.24, 2.45) is 5.92 Å². The third-order valence-electron chi connectivity index (χ3n) is 7.13. The molecule has 0 radical (unpaired) electrons. The van der Waals surface area contributed by atoms with Crippen molar-refractivity contribution in [2.75, 3.05) is 7.11 Å². The summed E-state index contributed by atoms with van der Waals surface area (Å²) < 4.78 is 10.6. The third-order valence-corrected chi connectivity index (χ3v) is 8.25. The molecule has 0 atom stereocenters. The molecule has 6 nitrogen and oxygen atoms in total. The van der Waals surface area contributed by atoms with E-state index in [0.717, 1.165) is 39.1 Å². The molecule has 34 heavy (non-hydrogen) atoms. The molecule has 2 fully saturated rings. The van der Waals surface area contributed by atoms with Crippen LogP contribution >= 0.6 is 11.3 Å². The molecule has 7 heteroatoms. The Morgan fingerprint density at radius 1 is 1.12 bits per heavy atom. The standard InChI is InChI=1S/C27H30N2O4S/c1-32-24-12-11-22(20-9-5-6-10-21(20)24)25-23(13-17-7-3-2-4-8-17)29-27(34-25)26(31)28-18-14-19(15-18)33-16-30/h5-6,9-12,16-19H,2-4,7-8,13-15H2,1H3,(H,28,31)/t18-,19-. The van der Waals surface area contributed by atoms with E-state index >= 15 is 0 Å². The molecule has 1 N–H and O–H groups in total. The van der Waals surface area contributed by atoms with Crippen molar-refractivity contribution in [1.29, 1.82) is 0 Å². The maximum Gasteiger partial charge on any atom is 0.293 e. The van der Waals surface area contributed by atoms with Crippen molar-refractivity contribution in [3.05, 3.63) is 47.1 Å². The molecule has 2 aromatic carbocycles. The Balaban J connectivity index is 1.47. The number of aromatic nitrogens is 1. The average molecular weight is 479 g/mol. The minimum atomic E-state index is -0.145. The van der Waals surface area contributed by atoms with E-state index in [1.165, 1.54) is 43.4 Å². The second-order valence-electron chi connectivity index (χ2n) is 9.36. The summed E-state index contributed by atoms with van der Waals surface area (Å²) in [6, 6.07) is 12.4. The van der Waals surface area contributed by atoms with Crippen LogP contribution in [0.15, 0.2) is 36.4 Å². The Morgan fingerprint density at radius 3 is 2.62 bits per heavy atom. The monoisotopic (exact) mass is 478 g/mol. The van der Waals surface area contributed by atoms with Gasteiger partial charge in [-0.15, -0.1) is 11.3 Å². The lowest BCUT2D eigenvalue weighted by Crippen LogP contribution is -2.47. The molecule has 2 saturated carbocycles. The fourth-order valence-electron chi connectivity index (χ4n) is 5.23. The molecule has 0 spiro atoms. The van der Waals surface area contributed by atoms with E-state index in [9.17, 15) is 9.59 Å². The highest BCUT2D eigenvalue weighted by Gasteiger charge is 2.33. The predicted molar refractivity (Wildman–Crippen MR) is 133 cm³/mol. The first-order chi connectivity index (χ1) is 16.7. The van der Waals surface area contributed by atoms with Gasteiger partial charge in [0.25, 0.3) is 12.4 Å². The topological polar surface area (TPSA) is 77.5 Å². The van der Waals surface area contributed by atoms with Crippen LogP contribution in [0.25, 0.3) is 21.2 Å². The molecule has 178 valence electrons. The van der Waals surface area contributed by atoms with E-state index in [-0.39, 0.29) is 18.1 Å². The van der Waals surface area contributed by atoms with Crippen molar-refractivity contribution in [3.63, 3.8) is 0 Å². The first-order valence-electron chi connectivity index (χ1n) is 12.1. The number of thiazole rings is 1. The number of nitrogens with one attached hydrogen (secondary N) is 1. The number of carbonyl (C=O) groups is 2. The summed E-state index contributed by atoms with van der Waals surface area (Å²) in [4.78, 5) is 29.5. The molecule has 5 rings (SSSR count). The number of fused-ring (bicyclic) bond motifs is 1. The molecule has 2 aliphatic rings. The number of hydrogen-bond donors (Lipinski definition) is 1. The van der Waals surface area contributed by atoms with Gasteiger partial charge in [-0.05, 0) is 29.9 Å². The molecule has 3 aromatic rings. The van der Waals surface area contributed by atoms with Gasteiger partial charge < -0.3 is 14.8 Å². The van der Waals surface area contributed by atoms with Crippen LogP contribution in [0.5, 0.6) is 5.75 Å². The van der Waals surface area contributed by atoms with Crippen molar-refractivity contribution < 1.29 is 19.1 Å². The maximum atomic E-state index is 13.1. The number of amides is 1. The highest BCUT2D eigenvalue weighted by molar-refractivity contribution is 7.17. The van der Waals surface area contributed by atoms with Crippen molar-refractivity contribution in [1.82, 2.24) is 10.3 Å². The Kier molecular flexibility index (Phi) is 6.81. The number of nitrogens with zero attached hydrogens (tertiary/aromatic N) is 1. The van der Waals surface area contributed by atoms with Crippen molar-refractivity contribution in [2.45, 2.75) is 63.5 Å². The molecule has 0 aliphatic heterocycles. The second kappa shape index (κ2) is 10.1. The lowest BCUT2D eigenvalue weighted by atomic mass is 9.85. The molecule has 0 unspecified atom stereocenters. The summed E-state index contributed by atoms with van der Waals surface area (Å²) >= 11 is 1.47. The zero-order valence-electron chi connectivity index (χ0n) is 19.4. The highest BCUT2D eigenvalue weighted by atomic mass is 32.1. The van der Waals surface area contributed by atoms with E-state index in [1.807, 2.05) is 18.2 Å². The predicted octanol–water partition coefficient (Wildman–Crippen LogP) is 5.53. The first-order valence-corrected chi connectivity index (χ1v) is 12.9. The van der Waals surface area contributed by atoms with Crippen LogP contribution in [-0.2, 0) is 16.0 Å². The van der Waals surface area contributed by atoms with Crippen LogP contribution < -0.4 is 10.1 Å². The van der Waals surface area contributed by atoms with Crippen LogP contribution in [0.3, 0.4) is 0 Å². The number of hydrogen-bond acceptors (Lipinski definition) is 6. The van der Waals surface area contributed by atoms with Crippen LogP contribution in [0, 0.1) is 5.92 Å². The smallest absolute Gasteiger partial charge is 0.293 e. The first kappa shape index (κ1) is 22.8. The van der Waals surface area contributed by atoms with Crippen LogP contribution in [0.4, 0.5) is 0 Å². The van der Waals surface area contributed by atoms with Crippen LogP contribution in [0.2, 0.25) is 0 Å². The van der Waals surface area contributed by atoms with E-state index in [1.54, 1.807) is 7.11 Å². The SMILES string of the molecule is COc1ccc(-c2sc(C(=O)N[C@H]3C[C@H](OC=O)C3)nc2CC2CCCCC2)c2ccccc12. The lowest BCUT2D eigenvalue weighted by Gasteiger charge is -2.33. The van der Waals surface area contributed by atoms with Crippen molar-refractivity contribution >= 4 is 34.5 Å². The highest BCUT2D eigenvalue weighted by Crippen LogP contribution is 2.40. The Hall–Kier alpha value is -2.93. The Bertz CT molecular complexity index is 1180. The van der Waals surface area contributed by atoms with Gasteiger partial charge in [0.2, 0.25) is 0 Å². The normalized spacial score (nSPS) is 20.5. The molecular formula is C27H30N2O4S. The number of rotatable bonds is 8. The minimum absolute atomic E-state index is 0.0217. The Morgan fingerprint density at radius 2 is 1.88 bits per heavy atom. The van der Waals surface area contributed by atoms with Crippen LogP contribution in [0.1, 0.15) is 60.4 Å². The average Bonchev–Trinajstić information content (AvgIpc) is 3.26. The zero-order chi connectivity index (χ0) is 23.5. The third kappa shape index (κ3) is 4.67. The largest absolute Gasteiger partial charge is 0.496 e. The molecular weight excluding hydrogens is 448 g/mol. The Labute approximate surface area is 203 Å². The summed E-state index contributed by atoms with van der Waals surface area (Å²) in [5.41, 5.74) is 2.12. The van der Waals surface area contributed by atoms with Gasteiger partial charge in [-0.3, -0.25) is 9.59 Å². The van der Waals surface area contributed by atoms with E-state index in [2.05, 4.69) is 23.5 Å². The van der Waals surface area contributed by atoms with Gasteiger partial charge >= 0.3 is 0 Å². The summed E-state index contributed by atoms with van der Waals surface area (Å²) in [5, 5.41) is 5.73. The van der Waals surface area contributed by atoms with Gasteiger partial charge in [0.15, 0.2) is 5.01 Å². The maximum absolute atomic E-state index is 13.1. The van der Waals surface area contributed by atoms with E-state index in [4.69, 9.17) is 14.5 Å². The van der Waals surface area contributed by atoms with Gasteiger partial charge in [-0.2, -0.15) is 0 Å². The van der Waals surface area contributed by atoms with Gasteiger partial charge in [0, 0.05) is 29.8 Å². The molecule has 2 aliphatic carbocycles. The molecule has 1 heterocycles. The molecule has 0 saturated heterocycles. The molecule has 1 amide bonds. The van der Waals surface area contributed by atoms with Gasteiger partial charge in [0.05, 0.1) is 17.7 Å². The van der Waals surface area contributed by atoms with Crippen LogP contribution in [-0.4, -0.2) is 36.6 Å². The fourth-order valence-corrected chi connectivity index (χ4v) is 6.27. The summed E-state index contributed by atoms with van der Waals surface area (Å²) in [6.45, 7) is 0.479. The van der Waals surface area contributed by atoms with Gasteiger partial charge in [-0.25, -0.2) is 4.98 Å². The van der Waals surface area contributed by atoms with E-state index in [0.29, 0.717) is 30.2 Å². The van der Waals surface area contributed by atoms with Crippen molar-refractivity contribution in [3.8, 4) is 16.2 Å². The summed E-state index contributed by atoms with van der Waals surface area (Å²) in [6.07, 6.45) is 8.42. The molecule has 1 aromatic heterocycles. The number of carbonyl (C=O) groups excluding carboxylic acids is 2. The minimum Gasteiger partial charge on any atom is -0.496 e. The lowest BCUT2D eigenvalue weighted by molar-refractivity contribution is -0.138. The van der Waals surface area contributed by atoms with E-state index < -0.39 is 0 Å². The quantitative estimate of drug-likeness (QED) is 0.431. The zero-order valence-corrected chi connectivity index (χ0v) is 20.2. The number of methoxy groups -OCH3 is 1. The second-order valence-corrected chi connectivity index (χ2v) is 10.4. The summed E-state index contributed by atoms with van der Waals surface area (Å²) in [7, 11) is 1.69. The number of benzene rings is 2. The molecule has 0 bridgehead atoms. The number of ether oxygens (including phenoxy) is 2. The van der Waals surface area contributed by atoms with Gasteiger partial charge in [-0.1, -0.05) is 56.4 Å².